The van der Waals surface area contributed by atoms with Crippen molar-refractivity contribution in [3.63, 3.8) is 0 Å². The van der Waals surface area contributed by atoms with Gasteiger partial charge in [0.05, 0.1) is 0 Å². The smallest absolute Gasteiger partial charge is 0.123 e. The van der Waals surface area contributed by atoms with E-state index in [-0.39, 0.29) is 10.8 Å². The van der Waals surface area contributed by atoms with Gasteiger partial charge >= 0.3 is 0 Å². The van der Waals surface area contributed by atoms with Crippen LogP contribution >= 0.6 is 23.6 Å². The second-order valence-corrected chi connectivity index (χ2v) is 6.44. The molecule has 0 bridgehead atoms. The first-order chi connectivity index (χ1) is 9.63. The monoisotopic (exact) mass is 306 g/mol. The van der Waals surface area contributed by atoms with Crippen LogP contribution in [0.3, 0.4) is 0 Å². The van der Waals surface area contributed by atoms with E-state index in [1.807, 2.05) is 11.3 Å². The first-order valence-electron chi connectivity index (χ1n) is 6.49. The zero-order valence-electron chi connectivity index (χ0n) is 10.9. The lowest BCUT2D eigenvalue weighted by Gasteiger charge is -2.27. The molecule has 0 spiro atoms. The largest absolute Gasteiger partial charge is 0.389 e. The minimum Gasteiger partial charge on any atom is -0.389 e. The van der Waals surface area contributed by atoms with Crippen LogP contribution in [-0.2, 0) is 19.5 Å². The summed E-state index contributed by atoms with van der Waals surface area (Å²) in [6.07, 6.45) is 1.08. The van der Waals surface area contributed by atoms with Crippen molar-refractivity contribution >= 4 is 28.5 Å². The Morgan fingerprint density at radius 1 is 1.40 bits per heavy atom. The molecule has 3 rings (SSSR count). The highest BCUT2D eigenvalue weighted by Crippen LogP contribution is 2.25. The zero-order valence-corrected chi connectivity index (χ0v) is 12.6. The average Bonchev–Trinajstić information content (AvgIpc) is 2.88. The van der Waals surface area contributed by atoms with Crippen LogP contribution < -0.4 is 5.73 Å². The quantitative estimate of drug-likeness (QED) is 0.884. The Balaban J connectivity index is 1.81. The Morgan fingerprint density at radius 3 is 3.05 bits per heavy atom. The molecule has 0 fully saturated rings. The van der Waals surface area contributed by atoms with E-state index in [0.717, 1.165) is 31.6 Å². The van der Waals surface area contributed by atoms with Crippen molar-refractivity contribution in [1.29, 1.82) is 0 Å². The van der Waals surface area contributed by atoms with Crippen molar-refractivity contribution in [2.75, 3.05) is 6.54 Å². The molecule has 0 saturated heterocycles. The summed E-state index contributed by atoms with van der Waals surface area (Å²) in [5, 5.41) is 2.15. The van der Waals surface area contributed by atoms with E-state index < -0.39 is 0 Å². The molecule has 0 radical (unpaired) electrons. The van der Waals surface area contributed by atoms with Gasteiger partial charge in [-0.3, -0.25) is 4.90 Å². The molecule has 1 aromatic heterocycles. The lowest BCUT2D eigenvalue weighted by atomic mass is 10.0. The van der Waals surface area contributed by atoms with Crippen molar-refractivity contribution in [2.24, 2.45) is 5.73 Å². The van der Waals surface area contributed by atoms with Crippen LogP contribution in [0.4, 0.5) is 4.39 Å². The van der Waals surface area contributed by atoms with Gasteiger partial charge < -0.3 is 5.73 Å². The predicted molar refractivity (Wildman–Crippen MR) is 84.4 cm³/mol. The van der Waals surface area contributed by atoms with Crippen LogP contribution in [0.25, 0.3) is 0 Å². The molecular weight excluding hydrogens is 291 g/mol. The third-order valence-electron chi connectivity index (χ3n) is 3.62. The molecule has 0 amide bonds. The molecule has 0 saturated carbocycles. The van der Waals surface area contributed by atoms with Crippen LogP contribution in [0.2, 0.25) is 0 Å². The summed E-state index contributed by atoms with van der Waals surface area (Å²) in [6, 6.07) is 6.87. The minimum absolute atomic E-state index is 0.257. The SMILES string of the molecule is NC(=S)c1cc(F)ccc1CN1CCc2sccc2C1. The molecule has 2 N–H and O–H groups in total. The number of nitrogens with zero attached hydrogens (tertiary/aromatic N) is 1. The number of benzene rings is 1. The molecule has 1 aliphatic rings. The number of hydrogen-bond donors (Lipinski definition) is 1. The standard InChI is InChI=1S/C15H15FN2S2/c16-12-2-1-10(13(7-12)15(17)19)8-18-5-3-14-11(9-18)4-6-20-14/h1-2,4,6-7H,3,5,8-9H2,(H2,17,19). The first-order valence-corrected chi connectivity index (χ1v) is 7.78. The van der Waals surface area contributed by atoms with Gasteiger partial charge in [0.2, 0.25) is 0 Å². The number of hydrogen-bond acceptors (Lipinski definition) is 3. The summed E-state index contributed by atoms with van der Waals surface area (Å²) >= 11 is 6.85. The summed E-state index contributed by atoms with van der Waals surface area (Å²) in [4.78, 5) is 4.09. The van der Waals surface area contributed by atoms with Gasteiger partial charge in [-0.05, 0) is 41.1 Å². The number of rotatable bonds is 3. The number of nitrogens with two attached hydrogens (primary N) is 1. The van der Waals surface area contributed by atoms with E-state index in [1.54, 1.807) is 6.07 Å². The van der Waals surface area contributed by atoms with Crippen molar-refractivity contribution in [3.05, 3.63) is 57.0 Å². The lowest BCUT2D eigenvalue weighted by Crippen LogP contribution is -2.30. The Labute approximate surface area is 127 Å². The average molecular weight is 306 g/mol. The summed E-state index contributed by atoms with van der Waals surface area (Å²) in [5.74, 6) is -0.296. The number of thiocarbonyl (C=S) groups is 1. The Kier molecular flexibility index (Phi) is 3.83. The maximum atomic E-state index is 13.3. The number of halogens is 1. The highest BCUT2D eigenvalue weighted by Gasteiger charge is 2.18. The van der Waals surface area contributed by atoms with Gasteiger partial charge in [0, 0.05) is 30.1 Å². The fraction of sp³-hybridized carbons (Fsp3) is 0.267. The lowest BCUT2D eigenvalue weighted by molar-refractivity contribution is 0.247. The highest BCUT2D eigenvalue weighted by molar-refractivity contribution is 7.80. The number of fused-ring (bicyclic) bond motifs is 1. The van der Waals surface area contributed by atoms with E-state index in [0.29, 0.717) is 5.56 Å². The van der Waals surface area contributed by atoms with Crippen LogP contribution in [0.1, 0.15) is 21.6 Å². The van der Waals surface area contributed by atoms with Crippen molar-refractivity contribution in [2.45, 2.75) is 19.5 Å². The maximum absolute atomic E-state index is 13.3. The highest BCUT2D eigenvalue weighted by atomic mass is 32.1. The second-order valence-electron chi connectivity index (χ2n) is 5.00. The summed E-state index contributed by atoms with van der Waals surface area (Å²) < 4.78 is 13.3. The third-order valence-corrected chi connectivity index (χ3v) is 4.86. The molecular formula is C15H15FN2S2. The summed E-state index contributed by atoms with van der Waals surface area (Å²) in [6.45, 7) is 2.71. The van der Waals surface area contributed by atoms with E-state index in [4.69, 9.17) is 18.0 Å². The first kappa shape index (κ1) is 13.7. The molecule has 0 unspecified atom stereocenters. The second kappa shape index (κ2) is 5.60. The van der Waals surface area contributed by atoms with Crippen LogP contribution in [0, 0.1) is 5.82 Å². The van der Waals surface area contributed by atoms with E-state index >= 15 is 0 Å². The van der Waals surface area contributed by atoms with Crippen molar-refractivity contribution in [3.8, 4) is 0 Å². The molecule has 2 heterocycles. The molecule has 20 heavy (non-hydrogen) atoms. The predicted octanol–water partition coefficient (Wildman–Crippen LogP) is 3.08. The van der Waals surface area contributed by atoms with Gasteiger partial charge in [-0.25, -0.2) is 4.39 Å². The molecule has 0 atom stereocenters. The van der Waals surface area contributed by atoms with E-state index in [1.165, 1.54) is 22.6 Å². The molecule has 0 aliphatic carbocycles. The normalized spacial score (nSPS) is 15.1. The summed E-state index contributed by atoms with van der Waals surface area (Å²) in [5.41, 5.74) is 8.75. The van der Waals surface area contributed by atoms with E-state index in [2.05, 4.69) is 16.3 Å². The fourth-order valence-corrected chi connectivity index (χ4v) is 3.68. The van der Waals surface area contributed by atoms with Crippen molar-refractivity contribution in [1.82, 2.24) is 4.90 Å². The minimum atomic E-state index is -0.296. The van der Waals surface area contributed by atoms with Crippen LogP contribution in [-0.4, -0.2) is 16.4 Å². The molecule has 1 aromatic carbocycles. The molecule has 2 nitrogen and oxygen atoms in total. The Hall–Kier alpha value is -1.30. The number of thiophene rings is 1. The van der Waals surface area contributed by atoms with Gasteiger partial charge in [-0.2, -0.15) is 0 Å². The van der Waals surface area contributed by atoms with Crippen LogP contribution in [0.15, 0.2) is 29.6 Å². The molecule has 1 aliphatic heterocycles. The van der Waals surface area contributed by atoms with Gasteiger partial charge in [-0.1, -0.05) is 18.3 Å². The van der Waals surface area contributed by atoms with Gasteiger partial charge in [0.1, 0.15) is 10.8 Å². The Bertz CT molecular complexity index is 651. The van der Waals surface area contributed by atoms with Gasteiger partial charge in [0.15, 0.2) is 0 Å². The topological polar surface area (TPSA) is 29.3 Å². The third kappa shape index (κ3) is 2.75. The fourth-order valence-electron chi connectivity index (χ4n) is 2.60. The van der Waals surface area contributed by atoms with E-state index in [9.17, 15) is 4.39 Å². The van der Waals surface area contributed by atoms with Gasteiger partial charge in [-0.15, -0.1) is 11.3 Å². The summed E-state index contributed by atoms with van der Waals surface area (Å²) in [7, 11) is 0. The molecule has 104 valence electrons. The van der Waals surface area contributed by atoms with Gasteiger partial charge in [0.25, 0.3) is 0 Å². The maximum Gasteiger partial charge on any atom is 0.123 e. The molecule has 5 heteroatoms. The Morgan fingerprint density at radius 2 is 2.25 bits per heavy atom. The van der Waals surface area contributed by atoms with Crippen molar-refractivity contribution < 1.29 is 4.39 Å². The van der Waals surface area contributed by atoms with Crippen LogP contribution in [0.5, 0.6) is 0 Å². The molecule has 2 aromatic rings. The zero-order chi connectivity index (χ0) is 14.1.